The number of urea groups is 1. The highest BCUT2D eigenvalue weighted by Gasteiger charge is 2.54. The SMILES string of the molecule is CCc1ccc(NC(=O)N2CCC3(CC2)C(=O)N(CC(=O)NC(C)c2ccccc2)CN3c2ccccc2)cc1. The van der Waals surface area contributed by atoms with Crippen molar-refractivity contribution in [1.29, 1.82) is 0 Å². The molecule has 2 aliphatic heterocycles. The number of hydrogen-bond donors (Lipinski definition) is 2. The molecule has 2 N–H and O–H groups in total. The Bertz CT molecular complexity index is 1320. The van der Waals surface area contributed by atoms with Crippen LogP contribution in [0.1, 0.15) is 43.9 Å². The van der Waals surface area contributed by atoms with Gasteiger partial charge in [-0.1, -0.05) is 67.6 Å². The third kappa shape index (κ3) is 5.66. The number of nitrogens with one attached hydrogen (secondary N) is 2. The second-order valence-corrected chi connectivity index (χ2v) is 10.6. The van der Waals surface area contributed by atoms with Gasteiger partial charge >= 0.3 is 6.03 Å². The topological polar surface area (TPSA) is 85.0 Å². The maximum atomic E-state index is 14.0. The van der Waals surface area contributed by atoms with Gasteiger partial charge in [0.15, 0.2) is 0 Å². The lowest BCUT2D eigenvalue weighted by molar-refractivity contribution is -0.137. The minimum absolute atomic E-state index is 0.0148. The highest BCUT2D eigenvalue weighted by molar-refractivity contribution is 5.97. The van der Waals surface area contributed by atoms with Crippen molar-refractivity contribution < 1.29 is 14.4 Å². The summed E-state index contributed by atoms with van der Waals surface area (Å²) in [6.07, 6.45) is 1.92. The maximum Gasteiger partial charge on any atom is 0.321 e. The molecule has 0 aromatic heterocycles. The Hall–Kier alpha value is -4.33. The zero-order chi connectivity index (χ0) is 28.1. The van der Waals surface area contributed by atoms with Crippen molar-refractivity contribution in [3.05, 3.63) is 96.1 Å². The molecule has 5 rings (SSSR count). The number of nitrogens with zero attached hydrogens (tertiary/aromatic N) is 3. The van der Waals surface area contributed by atoms with Crippen molar-refractivity contribution in [3.63, 3.8) is 0 Å². The Morgan fingerprint density at radius 1 is 0.900 bits per heavy atom. The van der Waals surface area contributed by atoms with Crippen LogP contribution < -0.4 is 15.5 Å². The normalized spacial score (nSPS) is 17.1. The largest absolute Gasteiger partial charge is 0.348 e. The number of anilines is 2. The number of amides is 4. The second kappa shape index (κ2) is 11.8. The van der Waals surface area contributed by atoms with E-state index in [1.165, 1.54) is 5.56 Å². The van der Waals surface area contributed by atoms with Crippen LogP contribution in [0.3, 0.4) is 0 Å². The molecule has 3 aromatic rings. The second-order valence-electron chi connectivity index (χ2n) is 10.6. The molecule has 1 unspecified atom stereocenters. The Kier molecular flexibility index (Phi) is 8.05. The van der Waals surface area contributed by atoms with Crippen molar-refractivity contribution in [2.45, 2.75) is 44.7 Å². The molecule has 2 fully saturated rings. The van der Waals surface area contributed by atoms with E-state index in [1.54, 1.807) is 9.80 Å². The first-order chi connectivity index (χ1) is 19.4. The van der Waals surface area contributed by atoms with Gasteiger partial charge in [0.25, 0.3) is 5.91 Å². The summed E-state index contributed by atoms with van der Waals surface area (Å²) in [5.41, 5.74) is 3.12. The lowest BCUT2D eigenvalue weighted by atomic mass is 9.85. The number of piperidine rings is 1. The highest BCUT2D eigenvalue weighted by atomic mass is 16.2. The molecule has 8 heteroatoms. The van der Waals surface area contributed by atoms with Gasteiger partial charge in [0, 0.05) is 24.5 Å². The lowest BCUT2D eigenvalue weighted by Gasteiger charge is -2.43. The van der Waals surface area contributed by atoms with Gasteiger partial charge in [-0.15, -0.1) is 0 Å². The van der Waals surface area contributed by atoms with Crippen molar-refractivity contribution in [1.82, 2.24) is 15.1 Å². The summed E-state index contributed by atoms with van der Waals surface area (Å²) in [6, 6.07) is 27.2. The monoisotopic (exact) mass is 539 g/mol. The minimum Gasteiger partial charge on any atom is -0.348 e. The molecule has 2 aliphatic rings. The fourth-order valence-corrected chi connectivity index (χ4v) is 5.71. The predicted octanol–water partition coefficient (Wildman–Crippen LogP) is 4.80. The van der Waals surface area contributed by atoms with E-state index in [0.29, 0.717) is 32.6 Å². The Balaban J connectivity index is 1.27. The third-order valence-electron chi connectivity index (χ3n) is 8.08. The summed E-state index contributed by atoms with van der Waals surface area (Å²) in [6.45, 7) is 5.23. The van der Waals surface area contributed by atoms with Gasteiger partial charge in [-0.25, -0.2) is 4.79 Å². The van der Waals surface area contributed by atoms with Crippen LogP contribution >= 0.6 is 0 Å². The molecular formula is C32H37N5O3. The number of likely N-dealkylation sites (tertiary alicyclic amines) is 1. The Morgan fingerprint density at radius 3 is 2.15 bits per heavy atom. The molecule has 4 amide bonds. The van der Waals surface area contributed by atoms with Gasteiger partial charge in [0.1, 0.15) is 12.1 Å². The number of carbonyl (C=O) groups is 3. The fraction of sp³-hybridized carbons (Fsp3) is 0.344. The van der Waals surface area contributed by atoms with Crippen LogP contribution in [0.15, 0.2) is 84.9 Å². The quantitative estimate of drug-likeness (QED) is 0.452. The smallest absolute Gasteiger partial charge is 0.321 e. The van der Waals surface area contributed by atoms with E-state index in [1.807, 2.05) is 91.9 Å². The van der Waals surface area contributed by atoms with Gasteiger partial charge in [0.2, 0.25) is 5.91 Å². The Labute approximate surface area is 236 Å². The number of carbonyl (C=O) groups excluding carboxylic acids is 3. The highest BCUT2D eigenvalue weighted by Crippen LogP contribution is 2.39. The first-order valence-corrected chi connectivity index (χ1v) is 14.0. The summed E-state index contributed by atoms with van der Waals surface area (Å²) in [5.74, 6) is -0.255. The van der Waals surface area contributed by atoms with Gasteiger partial charge in [0.05, 0.1) is 12.7 Å². The lowest BCUT2D eigenvalue weighted by Crippen LogP contribution is -2.58. The zero-order valence-corrected chi connectivity index (χ0v) is 23.2. The van der Waals surface area contributed by atoms with Gasteiger partial charge < -0.3 is 25.3 Å². The number of hydrogen-bond acceptors (Lipinski definition) is 4. The molecule has 0 saturated carbocycles. The van der Waals surface area contributed by atoms with Crippen LogP contribution in [0.25, 0.3) is 0 Å². The molecule has 1 spiro atoms. The molecule has 208 valence electrons. The molecule has 0 bridgehead atoms. The van der Waals surface area contributed by atoms with E-state index in [4.69, 9.17) is 0 Å². The van der Waals surface area contributed by atoms with E-state index in [0.717, 1.165) is 23.4 Å². The van der Waals surface area contributed by atoms with E-state index >= 15 is 0 Å². The van der Waals surface area contributed by atoms with Crippen LogP contribution in [0, 0.1) is 0 Å². The molecule has 2 saturated heterocycles. The van der Waals surface area contributed by atoms with E-state index in [2.05, 4.69) is 22.5 Å². The van der Waals surface area contributed by atoms with Crippen molar-refractivity contribution in [2.24, 2.45) is 0 Å². The Morgan fingerprint density at radius 2 is 1.52 bits per heavy atom. The summed E-state index contributed by atoms with van der Waals surface area (Å²) >= 11 is 0. The average molecular weight is 540 g/mol. The molecule has 8 nitrogen and oxygen atoms in total. The zero-order valence-electron chi connectivity index (χ0n) is 23.2. The van der Waals surface area contributed by atoms with Crippen molar-refractivity contribution >= 4 is 29.2 Å². The summed E-state index contributed by atoms with van der Waals surface area (Å²) in [7, 11) is 0. The van der Waals surface area contributed by atoms with E-state index < -0.39 is 5.54 Å². The van der Waals surface area contributed by atoms with Crippen LogP contribution in [0.5, 0.6) is 0 Å². The number of para-hydroxylation sites is 1. The number of rotatable bonds is 7. The number of aryl methyl sites for hydroxylation is 1. The molecule has 2 heterocycles. The van der Waals surface area contributed by atoms with Crippen LogP contribution in [0.2, 0.25) is 0 Å². The predicted molar refractivity (Wildman–Crippen MR) is 157 cm³/mol. The average Bonchev–Trinajstić information content (AvgIpc) is 3.24. The minimum atomic E-state index is -0.799. The molecule has 0 aliphatic carbocycles. The first kappa shape index (κ1) is 27.2. The maximum absolute atomic E-state index is 14.0. The molecule has 1 atom stereocenters. The standard InChI is InChI=1S/C32H37N5O3/c1-3-25-14-16-27(17-15-25)34-31(40)35-20-18-32(19-21-35)30(39)36(23-37(32)28-12-8-5-9-13-28)22-29(38)33-24(2)26-10-6-4-7-11-26/h4-17,24H,3,18-23H2,1-2H3,(H,33,38)(H,34,40). The summed E-state index contributed by atoms with van der Waals surface area (Å²) < 4.78 is 0. The van der Waals surface area contributed by atoms with Crippen molar-refractivity contribution in [2.75, 3.05) is 36.5 Å². The van der Waals surface area contributed by atoms with Crippen LogP contribution in [0.4, 0.5) is 16.2 Å². The van der Waals surface area contributed by atoms with Crippen LogP contribution in [-0.4, -0.2) is 59.5 Å². The summed E-state index contributed by atoms with van der Waals surface area (Å²) in [4.78, 5) is 45.6. The third-order valence-corrected chi connectivity index (χ3v) is 8.08. The number of benzene rings is 3. The summed E-state index contributed by atoms with van der Waals surface area (Å²) in [5, 5.41) is 6.02. The molecule has 0 radical (unpaired) electrons. The molecule has 40 heavy (non-hydrogen) atoms. The first-order valence-electron chi connectivity index (χ1n) is 14.0. The van der Waals surface area contributed by atoms with E-state index in [-0.39, 0.29) is 30.4 Å². The van der Waals surface area contributed by atoms with Crippen LogP contribution in [-0.2, 0) is 16.0 Å². The van der Waals surface area contributed by atoms with Gasteiger partial charge in [-0.05, 0) is 61.6 Å². The van der Waals surface area contributed by atoms with Gasteiger partial charge in [-0.3, -0.25) is 9.59 Å². The molecule has 3 aromatic carbocycles. The fourth-order valence-electron chi connectivity index (χ4n) is 5.71. The van der Waals surface area contributed by atoms with Crippen molar-refractivity contribution in [3.8, 4) is 0 Å². The van der Waals surface area contributed by atoms with Gasteiger partial charge in [-0.2, -0.15) is 0 Å². The molecular weight excluding hydrogens is 502 g/mol. The van der Waals surface area contributed by atoms with E-state index in [9.17, 15) is 14.4 Å².